The maximum Gasteiger partial charge on any atom is 0.338 e. The average Bonchev–Trinajstić information content (AvgIpc) is 3.17. The summed E-state index contributed by atoms with van der Waals surface area (Å²) in [7, 11) is 1.56. The van der Waals surface area contributed by atoms with E-state index < -0.39 is 18.0 Å². The molecule has 0 aliphatic carbocycles. The molecule has 0 saturated heterocycles. The van der Waals surface area contributed by atoms with Gasteiger partial charge in [0.05, 0.1) is 29.0 Å². The lowest BCUT2D eigenvalue weighted by atomic mass is 9.96. The number of aromatic nitrogens is 1. The van der Waals surface area contributed by atoms with Gasteiger partial charge in [-0.2, -0.15) is 0 Å². The molecule has 8 nitrogen and oxygen atoms in total. The Labute approximate surface area is 211 Å². The summed E-state index contributed by atoms with van der Waals surface area (Å²) in [6, 6.07) is 13.3. The number of methoxy groups -OCH3 is 1. The average molecular weight is 505 g/mol. The SMILES string of the molecule is C=CCOC(=O)C1=C(C)N=c2sc(=Cc3ccccc3OC(C)=O)c(=O)n2C1c1ccc(OC)cc1. The fraction of sp³-hybridized carbons (Fsp3) is 0.185. The normalized spacial score (nSPS) is 15.1. The second-order valence-electron chi connectivity index (χ2n) is 7.87. The molecule has 184 valence electrons. The molecule has 1 aliphatic heterocycles. The fourth-order valence-corrected chi connectivity index (χ4v) is 4.92. The smallest absolute Gasteiger partial charge is 0.338 e. The quantitative estimate of drug-likeness (QED) is 0.279. The van der Waals surface area contributed by atoms with E-state index in [0.29, 0.717) is 37.7 Å². The highest BCUT2D eigenvalue weighted by Gasteiger charge is 2.33. The molecular weight excluding hydrogens is 480 g/mol. The summed E-state index contributed by atoms with van der Waals surface area (Å²) >= 11 is 1.19. The Bertz CT molecular complexity index is 1550. The van der Waals surface area contributed by atoms with Crippen LogP contribution in [-0.4, -0.2) is 30.2 Å². The summed E-state index contributed by atoms with van der Waals surface area (Å²) in [5.41, 5.74) is 1.65. The van der Waals surface area contributed by atoms with Gasteiger partial charge in [0.1, 0.15) is 18.1 Å². The molecule has 3 aromatic rings. The summed E-state index contributed by atoms with van der Waals surface area (Å²) in [6.45, 7) is 6.65. The predicted molar refractivity (Wildman–Crippen MR) is 136 cm³/mol. The van der Waals surface area contributed by atoms with E-state index in [0.717, 1.165) is 0 Å². The van der Waals surface area contributed by atoms with Gasteiger partial charge in [-0.25, -0.2) is 9.79 Å². The molecule has 0 bridgehead atoms. The second kappa shape index (κ2) is 10.6. The van der Waals surface area contributed by atoms with E-state index in [1.807, 2.05) is 0 Å². The van der Waals surface area contributed by atoms with Crippen LogP contribution in [0, 0.1) is 0 Å². The number of hydrogen-bond donors (Lipinski definition) is 0. The predicted octanol–water partition coefficient (Wildman–Crippen LogP) is 2.90. The van der Waals surface area contributed by atoms with Crippen LogP contribution in [0.25, 0.3) is 6.08 Å². The van der Waals surface area contributed by atoms with Gasteiger partial charge in [0.2, 0.25) is 0 Å². The Balaban J connectivity index is 1.92. The molecular formula is C27H24N2O6S. The molecule has 4 rings (SSSR count). The molecule has 36 heavy (non-hydrogen) atoms. The first-order chi connectivity index (χ1) is 17.3. The summed E-state index contributed by atoms with van der Waals surface area (Å²) in [4.78, 5) is 43.3. The highest BCUT2D eigenvalue weighted by Crippen LogP contribution is 2.31. The zero-order chi connectivity index (χ0) is 25.8. The summed E-state index contributed by atoms with van der Waals surface area (Å²) < 4.78 is 17.8. The van der Waals surface area contributed by atoms with Crippen molar-refractivity contribution in [3.8, 4) is 11.5 Å². The van der Waals surface area contributed by atoms with Crippen LogP contribution >= 0.6 is 11.3 Å². The van der Waals surface area contributed by atoms with E-state index in [1.165, 1.54) is 28.9 Å². The summed E-state index contributed by atoms with van der Waals surface area (Å²) in [6.07, 6.45) is 3.13. The summed E-state index contributed by atoms with van der Waals surface area (Å²) in [5.74, 6) is -0.0568. The first-order valence-corrected chi connectivity index (χ1v) is 11.9. The zero-order valence-corrected chi connectivity index (χ0v) is 20.8. The maximum absolute atomic E-state index is 13.7. The number of allylic oxidation sites excluding steroid dienone is 1. The number of fused-ring (bicyclic) bond motifs is 1. The Morgan fingerprint density at radius 3 is 2.56 bits per heavy atom. The molecule has 1 aliphatic rings. The fourth-order valence-electron chi connectivity index (χ4n) is 3.89. The van der Waals surface area contributed by atoms with Crippen molar-refractivity contribution in [1.29, 1.82) is 0 Å². The van der Waals surface area contributed by atoms with Crippen LogP contribution in [0.1, 0.15) is 31.0 Å². The van der Waals surface area contributed by atoms with Crippen LogP contribution in [0.2, 0.25) is 0 Å². The lowest BCUT2D eigenvalue weighted by molar-refractivity contribution is -0.138. The highest BCUT2D eigenvalue weighted by molar-refractivity contribution is 7.07. The molecule has 0 spiro atoms. The van der Waals surface area contributed by atoms with Gasteiger partial charge in [-0.15, -0.1) is 0 Å². The minimum atomic E-state index is -0.754. The van der Waals surface area contributed by atoms with Crippen molar-refractivity contribution in [1.82, 2.24) is 4.57 Å². The van der Waals surface area contributed by atoms with Crippen molar-refractivity contribution < 1.29 is 23.8 Å². The molecule has 1 aromatic heterocycles. The van der Waals surface area contributed by atoms with Crippen LogP contribution in [0.4, 0.5) is 0 Å². The molecule has 1 unspecified atom stereocenters. The third kappa shape index (κ3) is 4.92. The van der Waals surface area contributed by atoms with Crippen molar-refractivity contribution in [3.05, 3.63) is 103 Å². The second-order valence-corrected chi connectivity index (χ2v) is 8.88. The van der Waals surface area contributed by atoms with E-state index in [4.69, 9.17) is 14.2 Å². The number of rotatable bonds is 7. The maximum atomic E-state index is 13.7. The van der Waals surface area contributed by atoms with E-state index >= 15 is 0 Å². The van der Waals surface area contributed by atoms with Crippen molar-refractivity contribution in [2.75, 3.05) is 13.7 Å². The van der Waals surface area contributed by atoms with Gasteiger partial charge < -0.3 is 14.2 Å². The van der Waals surface area contributed by atoms with Crippen molar-refractivity contribution in [2.45, 2.75) is 19.9 Å². The van der Waals surface area contributed by atoms with Gasteiger partial charge >= 0.3 is 11.9 Å². The van der Waals surface area contributed by atoms with Crippen LogP contribution in [-0.2, 0) is 14.3 Å². The van der Waals surface area contributed by atoms with Gasteiger partial charge in [-0.1, -0.05) is 54.3 Å². The molecule has 0 saturated carbocycles. The zero-order valence-electron chi connectivity index (χ0n) is 20.0. The first-order valence-electron chi connectivity index (χ1n) is 11.1. The number of benzene rings is 2. The monoisotopic (exact) mass is 504 g/mol. The Kier molecular flexibility index (Phi) is 7.30. The largest absolute Gasteiger partial charge is 0.497 e. The number of carbonyl (C=O) groups excluding carboxylic acids is 2. The van der Waals surface area contributed by atoms with Gasteiger partial charge in [0.15, 0.2) is 4.80 Å². The number of ether oxygens (including phenoxy) is 3. The Hall–Kier alpha value is -4.24. The van der Waals surface area contributed by atoms with Crippen molar-refractivity contribution in [2.24, 2.45) is 4.99 Å². The lowest BCUT2D eigenvalue weighted by Gasteiger charge is -2.24. The molecule has 0 radical (unpaired) electrons. The van der Waals surface area contributed by atoms with Crippen LogP contribution in [0.3, 0.4) is 0 Å². The van der Waals surface area contributed by atoms with Gasteiger partial charge in [-0.3, -0.25) is 14.2 Å². The minimum Gasteiger partial charge on any atom is -0.497 e. The third-order valence-electron chi connectivity index (χ3n) is 5.46. The van der Waals surface area contributed by atoms with Gasteiger partial charge in [0.25, 0.3) is 5.56 Å². The lowest BCUT2D eigenvalue weighted by Crippen LogP contribution is -2.39. The van der Waals surface area contributed by atoms with E-state index in [9.17, 15) is 14.4 Å². The number of para-hydroxylation sites is 1. The molecule has 1 atom stereocenters. The van der Waals surface area contributed by atoms with E-state index in [1.54, 1.807) is 68.6 Å². The van der Waals surface area contributed by atoms with Gasteiger partial charge in [-0.05, 0) is 36.8 Å². The number of carbonyl (C=O) groups is 2. The molecule has 0 N–H and O–H groups in total. The molecule has 0 amide bonds. The number of esters is 2. The van der Waals surface area contributed by atoms with Crippen LogP contribution < -0.4 is 24.4 Å². The Morgan fingerprint density at radius 1 is 1.17 bits per heavy atom. The number of thiazole rings is 1. The molecule has 0 fully saturated rings. The van der Waals surface area contributed by atoms with Crippen molar-refractivity contribution >= 4 is 29.4 Å². The van der Waals surface area contributed by atoms with E-state index in [-0.39, 0.29) is 17.7 Å². The standard InChI is InChI=1S/C27H24N2O6S/c1-5-14-34-26(32)23-16(2)28-27-29(24(23)18-10-12-20(33-4)13-11-18)25(31)22(36-27)15-19-8-6-7-9-21(19)35-17(3)30/h5-13,15,24H,1,14H2,2-4H3. The summed E-state index contributed by atoms with van der Waals surface area (Å²) in [5, 5.41) is 0. The molecule has 2 aromatic carbocycles. The van der Waals surface area contributed by atoms with Crippen molar-refractivity contribution in [3.63, 3.8) is 0 Å². The number of hydrogen-bond acceptors (Lipinski definition) is 8. The van der Waals surface area contributed by atoms with Crippen LogP contribution in [0.15, 0.2) is 82.2 Å². The molecule has 9 heteroatoms. The van der Waals surface area contributed by atoms with Crippen LogP contribution in [0.5, 0.6) is 11.5 Å². The highest BCUT2D eigenvalue weighted by atomic mass is 32.1. The molecule has 2 heterocycles. The van der Waals surface area contributed by atoms with Gasteiger partial charge in [0, 0.05) is 12.5 Å². The topological polar surface area (TPSA) is 96.2 Å². The minimum absolute atomic E-state index is 0.0301. The Morgan fingerprint density at radius 2 is 1.89 bits per heavy atom. The first kappa shape index (κ1) is 24.9. The number of nitrogens with zero attached hydrogens (tertiary/aromatic N) is 2. The third-order valence-corrected chi connectivity index (χ3v) is 6.45. The van der Waals surface area contributed by atoms with E-state index in [2.05, 4.69) is 11.6 Å².